The third kappa shape index (κ3) is 3.32. The van der Waals surface area contributed by atoms with Crippen LogP contribution in [0.15, 0.2) is 38.0 Å². The first-order chi connectivity index (χ1) is 6.93. The van der Waals surface area contributed by atoms with E-state index in [2.05, 4.69) is 20.3 Å². The minimum absolute atomic E-state index is 0.170. The number of hydrogen-bond acceptors (Lipinski definition) is 2. The molecule has 0 fully saturated rings. The van der Waals surface area contributed by atoms with Crippen LogP contribution in [0.25, 0.3) is 0 Å². The first-order valence-electron chi connectivity index (χ1n) is 4.15. The van der Waals surface area contributed by atoms with E-state index >= 15 is 0 Å². The van der Waals surface area contributed by atoms with Crippen LogP contribution in [0.5, 0.6) is 0 Å². The van der Waals surface area contributed by atoms with Crippen molar-refractivity contribution < 1.29 is 8.42 Å². The van der Waals surface area contributed by atoms with Crippen LogP contribution in [0, 0.1) is 0 Å². The molecule has 15 heavy (non-hydrogen) atoms. The molecule has 0 radical (unpaired) electrons. The molecule has 0 unspecified atom stereocenters. The average molecular weight is 291 g/mol. The van der Waals surface area contributed by atoms with Gasteiger partial charge in [-0.25, -0.2) is 0 Å². The highest BCUT2D eigenvalue weighted by Crippen LogP contribution is 2.22. The van der Waals surface area contributed by atoms with Gasteiger partial charge in [0.2, 0.25) is 0 Å². The highest BCUT2D eigenvalue weighted by atomic mass is 79.9. The largest absolute Gasteiger partial charge is 0.368 e. The monoisotopic (exact) mass is 290 g/mol. The first-order valence-corrected chi connectivity index (χ1v) is 6.38. The van der Waals surface area contributed by atoms with E-state index in [0.717, 1.165) is 0 Å². The molecular weight excluding hydrogens is 280 g/mol. The number of benzene rings is 1. The normalized spacial score (nSPS) is 11.9. The van der Waals surface area contributed by atoms with Crippen LogP contribution >= 0.6 is 15.9 Å². The average Bonchev–Trinajstić information content (AvgIpc) is 2.15. The van der Waals surface area contributed by atoms with Gasteiger partial charge in [-0.05, 0) is 28.1 Å². The second-order valence-electron chi connectivity index (χ2n) is 3.09. The van der Waals surface area contributed by atoms with Crippen molar-refractivity contribution in [1.82, 2.24) is 4.90 Å². The molecule has 0 aliphatic heterocycles. The molecule has 1 rings (SSSR count). The predicted octanol–water partition coefficient (Wildman–Crippen LogP) is 1.73. The van der Waals surface area contributed by atoms with E-state index < -0.39 is 10.0 Å². The van der Waals surface area contributed by atoms with Gasteiger partial charge in [0.25, 0.3) is 10.0 Å². The van der Waals surface area contributed by atoms with E-state index in [1.165, 1.54) is 12.4 Å². The summed E-state index contributed by atoms with van der Waals surface area (Å²) in [4.78, 5) is 1.73. The van der Waals surface area contributed by atoms with Crippen molar-refractivity contribution in [1.29, 1.82) is 0 Å². The van der Waals surface area contributed by atoms with E-state index in [0.29, 0.717) is 4.47 Å². The smallest absolute Gasteiger partial charge is 0.284 e. The van der Waals surface area contributed by atoms with Crippen molar-refractivity contribution in [3.8, 4) is 0 Å². The quantitative estimate of drug-likeness (QED) is 0.629. The zero-order valence-corrected chi connectivity index (χ0v) is 10.8. The summed E-state index contributed by atoms with van der Waals surface area (Å²) in [5, 5.41) is 0. The maximum absolute atomic E-state index is 11.7. The van der Waals surface area contributed by atoms with Crippen LogP contribution in [0.3, 0.4) is 0 Å². The van der Waals surface area contributed by atoms with Gasteiger partial charge < -0.3 is 4.90 Å². The lowest BCUT2D eigenvalue weighted by Gasteiger charge is -2.04. The Morgan fingerprint density at radius 1 is 1.33 bits per heavy atom. The fourth-order valence-electron chi connectivity index (χ4n) is 0.867. The molecular formula is C9H11BrN2O2S. The minimum Gasteiger partial charge on any atom is -0.368 e. The van der Waals surface area contributed by atoms with Gasteiger partial charge in [-0.3, -0.25) is 0 Å². The number of hydrogen-bond donors (Lipinski definition) is 0. The van der Waals surface area contributed by atoms with Crippen LogP contribution in [-0.4, -0.2) is 33.8 Å². The SMILES string of the molecule is CN(C)/C=N/S(=O)(=O)c1ccccc1Br. The van der Waals surface area contributed by atoms with E-state index in [4.69, 9.17) is 0 Å². The number of halogens is 1. The Hall–Kier alpha value is -0.880. The van der Waals surface area contributed by atoms with Crippen molar-refractivity contribution in [3.05, 3.63) is 28.7 Å². The Morgan fingerprint density at radius 3 is 2.47 bits per heavy atom. The zero-order valence-electron chi connectivity index (χ0n) is 8.38. The minimum atomic E-state index is -3.61. The summed E-state index contributed by atoms with van der Waals surface area (Å²) in [6, 6.07) is 6.58. The zero-order chi connectivity index (χ0) is 11.5. The van der Waals surface area contributed by atoms with E-state index in [9.17, 15) is 8.42 Å². The lowest BCUT2D eigenvalue weighted by atomic mass is 10.4. The molecule has 0 bridgehead atoms. The van der Waals surface area contributed by atoms with Crippen molar-refractivity contribution in [2.75, 3.05) is 14.1 Å². The maximum atomic E-state index is 11.7. The lowest BCUT2D eigenvalue weighted by molar-refractivity contribution is 0.594. The van der Waals surface area contributed by atoms with Gasteiger partial charge in [-0.2, -0.15) is 8.42 Å². The molecule has 82 valence electrons. The third-order valence-corrected chi connectivity index (χ3v) is 3.77. The predicted molar refractivity (Wildman–Crippen MR) is 63.5 cm³/mol. The summed E-state index contributed by atoms with van der Waals surface area (Å²) in [7, 11) is -0.190. The molecule has 0 atom stereocenters. The molecule has 0 spiro atoms. The molecule has 0 saturated heterocycles. The molecule has 0 amide bonds. The fraction of sp³-hybridized carbons (Fsp3) is 0.222. The first kappa shape index (κ1) is 12.2. The van der Waals surface area contributed by atoms with Crippen LogP contribution in [-0.2, 0) is 10.0 Å². The van der Waals surface area contributed by atoms with Gasteiger partial charge in [-0.15, -0.1) is 4.40 Å². The highest BCUT2D eigenvalue weighted by Gasteiger charge is 2.14. The van der Waals surface area contributed by atoms with Gasteiger partial charge in [0, 0.05) is 18.6 Å². The van der Waals surface area contributed by atoms with Gasteiger partial charge in [0.15, 0.2) is 0 Å². The summed E-state index contributed by atoms with van der Waals surface area (Å²) < 4.78 is 27.5. The Labute approximate surface area is 97.8 Å². The van der Waals surface area contributed by atoms with Crippen molar-refractivity contribution in [3.63, 3.8) is 0 Å². The summed E-state index contributed by atoms with van der Waals surface area (Å²) in [6.45, 7) is 0. The van der Waals surface area contributed by atoms with Gasteiger partial charge in [0.05, 0.1) is 0 Å². The van der Waals surface area contributed by atoms with Gasteiger partial charge >= 0.3 is 0 Å². The summed E-state index contributed by atoms with van der Waals surface area (Å²) >= 11 is 3.17. The number of nitrogens with zero attached hydrogens (tertiary/aromatic N) is 2. The number of sulfonamides is 1. The Bertz CT molecular complexity index is 469. The van der Waals surface area contributed by atoms with Crippen LogP contribution in [0.2, 0.25) is 0 Å². The molecule has 6 heteroatoms. The summed E-state index contributed by atoms with van der Waals surface area (Å²) in [5.41, 5.74) is 0. The molecule has 0 N–H and O–H groups in total. The summed E-state index contributed by atoms with van der Waals surface area (Å²) in [5.74, 6) is 0. The van der Waals surface area contributed by atoms with Crippen LogP contribution in [0.4, 0.5) is 0 Å². The topological polar surface area (TPSA) is 49.7 Å². The van der Waals surface area contributed by atoms with E-state index in [1.807, 2.05) is 0 Å². The maximum Gasteiger partial charge on any atom is 0.284 e. The second-order valence-corrected chi connectivity index (χ2v) is 5.55. The van der Waals surface area contributed by atoms with Gasteiger partial charge in [0.1, 0.15) is 11.2 Å². The molecule has 1 aromatic carbocycles. The number of rotatable bonds is 3. The standard InChI is InChI=1S/C9H11BrN2O2S/c1-12(2)7-11-15(13,14)9-6-4-3-5-8(9)10/h3-7H,1-2H3/b11-7+. The molecule has 0 saturated carbocycles. The van der Waals surface area contributed by atoms with Crippen molar-refractivity contribution in [2.24, 2.45) is 4.40 Å². The van der Waals surface area contributed by atoms with Crippen LogP contribution in [0.1, 0.15) is 0 Å². The van der Waals surface area contributed by atoms with E-state index in [-0.39, 0.29) is 4.90 Å². The second kappa shape index (κ2) is 4.76. The van der Waals surface area contributed by atoms with Crippen molar-refractivity contribution in [2.45, 2.75) is 4.90 Å². The summed E-state index contributed by atoms with van der Waals surface area (Å²) in [6.07, 6.45) is 1.26. The van der Waals surface area contributed by atoms with Crippen molar-refractivity contribution >= 4 is 32.3 Å². The molecule has 1 aromatic rings. The van der Waals surface area contributed by atoms with Crippen LogP contribution < -0.4 is 0 Å². The molecule has 4 nitrogen and oxygen atoms in total. The lowest BCUT2D eigenvalue weighted by Crippen LogP contribution is -2.10. The molecule has 0 aliphatic carbocycles. The Morgan fingerprint density at radius 2 is 1.93 bits per heavy atom. The molecule has 0 aromatic heterocycles. The van der Waals surface area contributed by atoms with Gasteiger partial charge in [-0.1, -0.05) is 12.1 Å². The molecule has 0 heterocycles. The third-order valence-electron chi connectivity index (χ3n) is 1.53. The fourth-order valence-corrected chi connectivity index (χ4v) is 2.76. The Kier molecular flexibility index (Phi) is 3.87. The molecule has 0 aliphatic rings. The highest BCUT2D eigenvalue weighted by molar-refractivity contribution is 9.10. The van der Waals surface area contributed by atoms with E-state index in [1.54, 1.807) is 37.2 Å². The Balaban J connectivity index is 3.13.